The molecular weight excluding hydrogens is 564 g/mol. The number of nitrogens with zero attached hydrogens (tertiary/aromatic N) is 3. The van der Waals surface area contributed by atoms with Gasteiger partial charge in [0.15, 0.2) is 0 Å². The van der Waals surface area contributed by atoms with E-state index in [-0.39, 0.29) is 34.5 Å². The number of aliphatic imine (C=N–C) groups is 1. The number of pyridine rings is 1. The molecule has 0 aliphatic heterocycles. The van der Waals surface area contributed by atoms with E-state index < -0.39 is 0 Å². The number of hydrogen-bond donors (Lipinski definition) is 2. The molecule has 0 unspecified atom stereocenters. The van der Waals surface area contributed by atoms with Crippen LogP contribution in [-0.2, 0) is 15.0 Å². The van der Waals surface area contributed by atoms with Gasteiger partial charge in [-0.15, -0.1) is 0 Å². The van der Waals surface area contributed by atoms with Crippen LogP contribution >= 0.6 is 0 Å². The number of amides is 1. The minimum absolute atomic E-state index is 0.0900. The minimum Gasteiger partial charge on any atom is -0.496 e. The first kappa shape index (κ1) is 34.2. The van der Waals surface area contributed by atoms with Crippen LogP contribution in [0, 0.1) is 23.7 Å². The van der Waals surface area contributed by atoms with Crippen molar-refractivity contribution in [1.82, 2.24) is 4.98 Å². The van der Waals surface area contributed by atoms with Crippen LogP contribution in [0.15, 0.2) is 53.3 Å². The van der Waals surface area contributed by atoms with Gasteiger partial charge in [-0.05, 0) is 98.5 Å². The van der Waals surface area contributed by atoms with E-state index in [4.69, 9.17) is 25.4 Å². The molecule has 0 atom stereocenters. The Hall–Kier alpha value is -3.68. The summed E-state index contributed by atoms with van der Waals surface area (Å²) in [7, 11) is 1.74. The molecule has 1 aromatic heterocycles. The van der Waals surface area contributed by atoms with Crippen LogP contribution < -0.4 is 15.4 Å². The van der Waals surface area contributed by atoms with E-state index in [2.05, 4.69) is 50.9 Å². The van der Waals surface area contributed by atoms with Crippen LogP contribution in [0.3, 0.4) is 0 Å². The molecule has 244 valence electrons. The normalized spacial score (nSPS) is 23.7. The molecule has 1 amide bonds. The number of hydrogen-bond acceptors (Lipinski definition) is 6. The fourth-order valence-electron chi connectivity index (χ4n) is 7.41. The van der Waals surface area contributed by atoms with Gasteiger partial charge in [0.05, 0.1) is 12.8 Å². The summed E-state index contributed by atoms with van der Waals surface area (Å²) in [6, 6.07) is 10.6. The standard InChI is InChI=1S/C36H50N4O2.CH2O2/c1-26-23-28(11-12-30(26)42-5)36-18-15-35(16-19-36,17-20-36)25-40(33(41)27-9-7-6-8-10-27)32-24-29(13-21-39-32)38-22-14-31(37)34(2,3)4;2-1-3/h11-14,21-24,27H,6-10,15-20,25,37H2,1-5H3;1H,(H,2,3)/b31-14-,38-22?;. The highest BCUT2D eigenvalue weighted by Gasteiger charge is 2.50. The Kier molecular flexibility index (Phi) is 11.1. The average molecular weight is 617 g/mol. The van der Waals surface area contributed by atoms with Crippen LogP contribution in [0.1, 0.15) is 103 Å². The zero-order chi connectivity index (χ0) is 32.7. The van der Waals surface area contributed by atoms with Gasteiger partial charge >= 0.3 is 0 Å². The third-order valence-corrected chi connectivity index (χ3v) is 10.5. The molecule has 4 saturated carbocycles. The molecule has 6 rings (SSSR count). The van der Waals surface area contributed by atoms with Gasteiger partial charge in [-0.1, -0.05) is 52.2 Å². The first-order valence-corrected chi connectivity index (χ1v) is 16.5. The van der Waals surface area contributed by atoms with Gasteiger partial charge in [-0.3, -0.25) is 19.5 Å². The zero-order valence-corrected chi connectivity index (χ0v) is 27.8. The molecule has 1 aromatic carbocycles. The monoisotopic (exact) mass is 616 g/mol. The largest absolute Gasteiger partial charge is 0.496 e. The molecule has 4 aliphatic rings. The lowest BCUT2D eigenvalue weighted by atomic mass is 9.51. The summed E-state index contributed by atoms with van der Waals surface area (Å²) >= 11 is 0. The van der Waals surface area contributed by atoms with Gasteiger partial charge in [0.1, 0.15) is 11.6 Å². The van der Waals surface area contributed by atoms with E-state index >= 15 is 0 Å². The summed E-state index contributed by atoms with van der Waals surface area (Å²) in [5.41, 5.74) is 10.7. The highest BCUT2D eigenvalue weighted by molar-refractivity contribution is 5.94. The van der Waals surface area contributed by atoms with E-state index in [0.717, 1.165) is 74.4 Å². The van der Waals surface area contributed by atoms with Gasteiger partial charge in [0.25, 0.3) is 6.47 Å². The summed E-state index contributed by atoms with van der Waals surface area (Å²) < 4.78 is 5.53. The number of carbonyl (C=O) groups excluding carboxylic acids is 1. The number of methoxy groups -OCH3 is 1. The first-order chi connectivity index (χ1) is 21.5. The molecule has 4 aliphatic carbocycles. The molecule has 2 bridgehead atoms. The Morgan fingerprint density at radius 2 is 1.73 bits per heavy atom. The Morgan fingerprint density at radius 1 is 1.09 bits per heavy atom. The van der Waals surface area contributed by atoms with Crippen molar-refractivity contribution in [3.8, 4) is 5.75 Å². The second kappa shape index (κ2) is 14.6. The fourth-order valence-corrected chi connectivity index (χ4v) is 7.41. The molecule has 45 heavy (non-hydrogen) atoms. The lowest BCUT2D eigenvalue weighted by molar-refractivity contribution is -0.124. The van der Waals surface area contributed by atoms with Crippen molar-refractivity contribution in [2.24, 2.45) is 27.5 Å². The van der Waals surface area contributed by atoms with Gasteiger partial charge in [-0.25, -0.2) is 4.98 Å². The topological polar surface area (TPSA) is 118 Å². The highest BCUT2D eigenvalue weighted by Crippen LogP contribution is 2.58. The van der Waals surface area contributed by atoms with Crippen molar-refractivity contribution >= 4 is 30.1 Å². The third kappa shape index (κ3) is 8.13. The third-order valence-electron chi connectivity index (χ3n) is 10.5. The van der Waals surface area contributed by atoms with Crippen molar-refractivity contribution < 1.29 is 19.4 Å². The van der Waals surface area contributed by atoms with Crippen LogP contribution in [0.2, 0.25) is 0 Å². The predicted octanol–water partition coefficient (Wildman–Crippen LogP) is 7.90. The van der Waals surface area contributed by atoms with E-state index in [1.54, 1.807) is 19.5 Å². The molecule has 0 radical (unpaired) electrons. The summed E-state index contributed by atoms with van der Waals surface area (Å²) in [5, 5.41) is 6.89. The molecule has 8 nitrogen and oxygen atoms in total. The Balaban J connectivity index is 0.00000148. The quantitative estimate of drug-likeness (QED) is 0.230. The molecule has 4 fully saturated rings. The van der Waals surface area contributed by atoms with Crippen LogP contribution in [-0.4, -0.2) is 42.3 Å². The molecule has 3 N–H and O–H groups in total. The second-order valence-electron chi connectivity index (χ2n) is 14.4. The maximum atomic E-state index is 14.2. The maximum absolute atomic E-state index is 14.2. The fraction of sp³-hybridized carbons (Fsp3) is 0.568. The number of carbonyl (C=O) groups is 2. The zero-order valence-electron chi connectivity index (χ0n) is 27.8. The Morgan fingerprint density at radius 3 is 2.31 bits per heavy atom. The molecule has 8 heteroatoms. The number of benzene rings is 1. The van der Waals surface area contributed by atoms with Gasteiger partial charge < -0.3 is 15.6 Å². The predicted molar refractivity (Wildman–Crippen MR) is 181 cm³/mol. The van der Waals surface area contributed by atoms with Crippen LogP contribution in [0.5, 0.6) is 5.75 Å². The average Bonchev–Trinajstić information content (AvgIpc) is 3.04. The molecule has 2 aromatic rings. The van der Waals surface area contributed by atoms with Crippen LogP contribution in [0.4, 0.5) is 11.5 Å². The number of aryl methyl sites for hydroxylation is 1. The highest BCUT2D eigenvalue weighted by atomic mass is 16.5. The maximum Gasteiger partial charge on any atom is 0.290 e. The SMILES string of the molecule is COc1ccc(C23CCC(CN(C(=O)C4CCCCC4)c4cc(N=C/C=C(\N)C(C)(C)C)ccn4)(CC2)CC3)cc1C.O=CO. The Labute approximate surface area is 269 Å². The summed E-state index contributed by atoms with van der Waals surface area (Å²) in [4.78, 5) is 34.0. The van der Waals surface area contributed by atoms with Crippen LogP contribution in [0.25, 0.3) is 0 Å². The number of anilines is 1. The number of aromatic nitrogens is 1. The van der Waals surface area contributed by atoms with E-state index in [1.165, 1.54) is 36.8 Å². The van der Waals surface area contributed by atoms with Gasteiger partial charge in [-0.2, -0.15) is 0 Å². The summed E-state index contributed by atoms with van der Waals surface area (Å²) in [6.07, 6.45) is 17.8. The second-order valence-corrected chi connectivity index (χ2v) is 14.4. The van der Waals surface area contributed by atoms with Crippen molar-refractivity contribution in [3.63, 3.8) is 0 Å². The number of allylic oxidation sites excluding steroid dienone is 2. The van der Waals surface area contributed by atoms with Crippen molar-refractivity contribution in [2.45, 2.75) is 104 Å². The summed E-state index contributed by atoms with van der Waals surface area (Å²) in [6.45, 7) is 8.90. The van der Waals surface area contributed by atoms with E-state index in [1.807, 2.05) is 23.1 Å². The minimum atomic E-state index is -0.250. The smallest absolute Gasteiger partial charge is 0.290 e. The number of nitrogens with two attached hydrogens (primary N) is 1. The molecular formula is C37H52N4O4. The first-order valence-electron chi connectivity index (χ1n) is 16.5. The van der Waals surface area contributed by atoms with Gasteiger partial charge in [0.2, 0.25) is 5.91 Å². The van der Waals surface area contributed by atoms with Crippen molar-refractivity contribution in [2.75, 3.05) is 18.6 Å². The Bertz CT molecular complexity index is 1360. The lowest BCUT2D eigenvalue weighted by Gasteiger charge is -2.55. The lowest BCUT2D eigenvalue weighted by Crippen LogP contribution is -2.51. The van der Waals surface area contributed by atoms with E-state index in [0.29, 0.717) is 0 Å². The molecule has 1 heterocycles. The van der Waals surface area contributed by atoms with Crippen molar-refractivity contribution in [3.05, 3.63) is 59.4 Å². The van der Waals surface area contributed by atoms with Gasteiger partial charge in [0, 0.05) is 42.1 Å². The number of carboxylic acid groups (broad SMARTS) is 1. The van der Waals surface area contributed by atoms with E-state index in [9.17, 15) is 4.79 Å². The number of rotatable bonds is 8. The van der Waals surface area contributed by atoms with Crippen molar-refractivity contribution in [1.29, 1.82) is 0 Å². The molecule has 0 spiro atoms. The number of ether oxygens (including phenoxy) is 1. The summed E-state index contributed by atoms with van der Waals surface area (Å²) in [5.74, 6) is 2.03. The number of fused-ring (bicyclic) bond motifs is 3. The molecule has 0 saturated heterocycles.